The monoisotopic (exact) mass is 377 g/mol. The van der Waals surface area contributed by atoms with Crippen LogP contribution in [0.15, 0.2) is 54.9 Å². The molecule has 144 valence electrons. The molecule has 0 aliphatic carbocycles. The highest BCUT2D eigenvalue weighted by Gasteiger charge is 2.31. The Morgan fingerprint density at radius 3 is 2.61 bits per heavy atom. The summed E-state index contributed by atoms with van der Waals surface area (Å²) in [6.07, 6.45) is 3.47. The molecule has 3 aromatic rings. The Bertz CT molecular complexity index is 985. The summed E-state index contributed by atoms with van der Waals surface area (Å²) < 4.78 is 5.06. The van der Waals surface area contributed by atoms with Crippen LogP contribution in [0.4, 0.5) is 0 Å². The number of fused-ring (bicyclic) bond motifs is 1. The Balaban J connectivity index is 1.99. The highest BCUT2D eigenvalue weighted by atomic mass is 16.5. The minimum Gasteiger partial charge on any atom is -0.507 e. The van der Waals surface area contributed by atoms with E-state index in [1.807, 2.05) is 42.5 Å². The molecule has 1 unspecified atom stereocenters. The molecule has 1 atom stereocenters. The number of nitrogens with zero attached hydrogens (tertiary/aromatic N) is 2. The van der Waals surface area contributed by atoms with Crippen molar-refractivity contribution >= 4 is 16.7 Å². The van der Waals surface area contributed by atoms with Gasteiger partial charge in [0.2, 0.25) is 0 Å². The molecule has 1 aliphatic rings. The summed E-state index contributed by atoms with van der Waals surface area (Å²) in [4.78, 5) is 19.1. The average molecular weight is 377 g/mol. The highest BCUT2D eigenvalue weighted by Crippen LogP contribution is 2.41. The molecule has 2 N–H and O–H groups in total. The van der Waals surface area contributed by atoms with Crippen molar-refractivity contribution in [2.45, 2.75) is 6.04 Å². The molecule has 28 heavy (non-hydrogen) atoms. The summed E-state index contributed by atoms with van der Waals surface area (Å²) in [5, 5.41) is 16.2. The fraction of sp³-hybridized carbons (Fsp3) is 0.273. The van der Waals surface area contributed by atoms with Gasteiger partial charge in [-0.1, -0.05) is 24.3 Å². The number of esters is 1. The van der Waals surface area contributed by atoms with Gasteiger partial charge >= 0.3 is 5.97 Å². The van der Waals surface area contributed by atoms with Gasteiger partial charge in [-0.2, -0.15) is 0 Å². The van der Waals surface area contributed by atoms with Crippen molar-refractivity contribution in [2.24, 2.45) is 0 Å². The van der Waals surface area contributed by atoms with E-state index in [1.165, 1.54) is 7.11 Å². The molecule has 0 radical (unpaired) electrons. The van der Waals surface area contributed by atoms with Gasteiger partial charge in [0.15, 0.2) is 0 Å². The predicted octanol–water partition coefficient (Wildman–Crippen LogP) is 2.72. The van der Waals surface area contributed by atoms with Crippen molar-refractivity contribution in [1.82, 2.24) is 15.2 Å². The molecule has 1 fully saturated rings. The van der Waals surface area contributed by atoms with Crippen LogP contribution < -0.4 is 5.32 Å². The number of carbonyl (C=O) groups is 1. The fourth-order valence-corrected chi connectivity index (χ4v) is 3.95. The minimum atomic E-state index is -0.453. The van der Waals surface area contributed by atoms with Gasteiger partial charge in [-0.15, -0.1) is 0 Å². The van der Waals surface area contributed by atoms with Crippen molar-refractivity contribution < 1.29 is 14.6 Å². The van der Waals surface area contributed by atoms with Gasteiger partial charge in [0.25, 0.3) is 0 Å². The molecule has 2 aromatic carbocycles. The Kier molecular flexibility index (Phi) is 5.23. The topological polar surface area (TPSA) is 74.7 Å². The molecular weight excluding hydrogens is 354 g/mol. The molecular formula is C22H23N3O3. The second kappa shape index (κ2) is 7.96. The molecule has 6 heteroatoms. The molecule has 4 rings (SSSR count). The Morgan fingerprint density at radius 2 is 1.89 bits per heavy atom. The van der Waals surface area contributed by atoms with Crippen LogP contribution in [0.5, 0.6) is 5.75 Å². The van der Waals surface area contributed by atoms with Crippen LogP contribution in [0.2, 0.25) is 0 Å². The molecule has 6 nitrogen and oxygen atoms in total. The standard InChI is InChI=1S/C22H23N3O3/c1-28-22(27)18-14-16-4-2-3-5-17(16)21(26)19(18)20(15-6-8-23-9-7-15)25-12-10-24-11-13-25/h2-9,14,20,24,26H,10-13H2,1H3. The first-order valence-electron chi connectivity index (χ1n) is 9.38. The lowest BCUT2D eigenvalue weighted by Gasteiger charge is -2.36. The number of aromatic hydroxyl groups is 1. The zero-order valence-corrected chi connectivity index (χ0v) is 15.8. The molecule has 1 saturated heterocycles. The number of hydrogen-bond donors (Lipinski definition) is 2. The van der Waals surface area contributed by atoms with Crippen LogP contribution in [0, 0.1) is 0 Å². The summed E-state index contributed by atoms with van der Waals surface area (Å²) in [5.74, 6) is -0.330. The third-order valence-electron chi connectivity index (χ3n) is 5.28. The zero-order chi connectivity index (χ0) is 19.5. The number of carbonyl (C=O) groups excluding carboxylic acids is 1. The number of benzene rings is 2. The normalized spacial score (nSPS) is 16.0. The second-order valence-electron chi connectivity index (χ2n) is 6.87. The van der Waals surface area contributed by atoms with Crippen LogP contribution in [0.25, 0.3) is 10.8 Å². The number of rotatable bonds is 4. The highest BCUT2D eigenvalue weighted by molar-refractivity contribution is 6.00. The number of ether oxygens (including phenoxy) is 1. The number of pyridine rings is 1. The number of piperazine rings is 1. The third-order valence-corrected chi connectivity index (χ3v) is 5.28. The van der Waals surface area contributed by atoms with Gasteiger partial charge in [0.1, 0.15) is 5.75 Å². The van der Waals surface area contributed by atoms with E-state index >= 15 is 0 Å². The molecule has 2 heterocycles. The first-order chi connectivity index (χ1) is 13.7. The Morgan fingerprint density at radius 1 is 1.18 bits per heavy atom. The van der Waals surface area contributed by atoms with Gasteiger partial charge < -0.3 is 15.2 Å². The predicted molar refractivity (Wildman–Crippen MR) is 107 cm³/mol. The van der Waals surface area contributed by atoms with Crippen molar-refractivity contribution in [2.75, 3.05) is 33.3 Å². The maximum atomic E-state index is 12.7. The minimum absolute atomic E-state index is 0.124. The van der Waals surface area contributed by atoms with E-state index in [-0.39, 0.29) is 11.8 Å². The summed E-state index contributed by atoms with van der Waals surface area (Å²) in [5.41, 5.74) is 1.95. The van der Waals surface area contributed by atoms with E-state index in [1.54, 1.807) is 12.4 Å². The Hall–Kier alpha value is -2.96. The lowest BCUT2D eigenvalue weighted by Crippen LogP contribution is -2.45. The van der Waals surface area contributed by atoms with Crippen LogP contribution in [0.1, 0.15) is 27.5 Å². The quantitative estimate of drug-likeness (QED) is 0.681. The van der Waals surface area contributed by atoms with Crippen LogP contribution in [-0.2, 0) is 4.74 Å². The molecule has 0 spiro atoms. The van der Waals surface area contributed by atoms with Crippen LogP contribution in [-0.4, -0.2) is 54.2 Å². The van der Waals surface area contributed by atoms with Gasteiger partial charge in [0, 0.05) is 49.5 Å². The van der Waals surface area contributed by atoms with Gasteiger partial charge in [0.05, 0.1) is 18.7 Å². The Labute approximate surface area is 163 Å². The first-order valence-corrected chi connectivity index (χ1v) is 9.38. The van der Waals surface area contributed by atoms with Gasteiger partial charge in [-0.25, -0.2) is 4.79 Å². The molecule has 0 saturated carbocycles. The lowest BCUT2D eigenvalue weighted by atomic mass is 9.89. The first kappa shape index (κ1) is 18.4. The number of nitrogens with one attached hydrogen (secondary N) is 1. The van der Waals surface area contributed by atoms with Crippen molar-refractivity contribution in [1.29, 1.82) is 0 Å². The summed E-state index contributed by atoms with van der Waals surface area (Å²) >= 11 is 0. The van der Waals surface area contributed by atoms with E-state index in [9.17, 15) is 9.90 Å². The van der Waals surface area contributed by atoms with Crippen molar-refractivity contribution in [3.8, 4) is 5.75 Å². The molecule has 1 aliphatic heterocycles. The summed E-state index contributed by atoms with van der Waals surface area (Å²) in [7, 11) is 1.37. The number of aromatic nitrogens is 1. The number of phenolic OH excluding ortho intramolecular Hbond substituents is 1. The summed E-state index contributed by atoms with van der Waals surface area (Å²) in [6.45, 7) is 3.31. The van der Waals surface area contributed by atoms with E-state index in [2.05, 4.69) is 15.2 Å². The van der Waals surface area contributed by atoms with E-state index in [4.69, 9.17) is 4.74 Å². The van der Waals surface area contributed by atoms with Crippen molar-refractivity contribution in [3.63, 3.8) is 0 Å². The smallest absolute Gasteiger partial charge is 0.338 e. The van der Waals surface area contributed by atoms with E-state index in [0.29, 0.717) is 11.1 Å². The van der Waals surface area contributed by atoms with Crippen LogP contribution in [0.3, 0.4) is 0 Å². The largest absolute Gasteiger partial charge is 0.507 e. The van der Waals surface area contributed by atoms with E-state index < -0.39 is 5.97 Å². The summed E-state index contributed by atoms with van der Waals surface area (Å²) in [6, 6.07) is 12.9. The van der Waals surface area contributed by atoms with Gasteiger partial charge in [-0.3, -0.25) is 9.88 Å². The molecule has 1 aromatic heterocycles. The number of methoxy groups -OCH3 is 1. The maximum absolute atomic E-state index is 12.7. The zero-order valence-electron chi connectivity index (χ0n) is 15.8. The third kappa shape index (κ3) is 3.32. The number of phenols is 1. The average Bonchev–Trinajstić information content (AvgIpc) is 2.76. The van der Waals surface area contributed by atoms with Gasteiger partial charge in [-0.05, 0) is 29.1 Å². The molecule has 0 amide bonds. The van der Waals surface area contributed by atoms with E-state index in [0.717, 1.165) is 42.5 Å². The fourth-order valence-electron chi connectivity index (χ4n) is 3.95. The van der Waals surface area contributed by atoms with Crippen molar-refractivity contribution in [3.05, 3.63) is 71.5 Å². The van der Waals surface area contributed by atoms with Crippen LogP contribution >= 0.6 is 0 Å². The number of hydrogen-bond acceptors (Lipinski definition) is 6. The molecule has 0 bridgehead atoms. The SMILES string of the molecule is COC(=O)c1cc2ccccc2c(O)c1C(c1ccncc1)N1CCNCC1. The lowest BCUT2D eigenvalue weighted by molar-refractivity contribution is 0.0596. The maximum Gasteiger partial charge on any atom is 0.338 e. The second-order valence-corrected chi connectivity index (χ2v) is 6.87.